The molecule has 106 valence electrons. The Labute approximate surface area is 117 Å². The Kier molecular flexibility index (Phi) is 3.42. The molecule has 0 unspecified atom stereocenters. The molecule has 1 saturated heterocycles. The van der Waals surface area contributed by atoms with Crippen molar-refractivity contribution in [2.45, 2.75) is 31.8 Å². The lowest BCUT2D eigenvalue weighted by Crippen LogP contribution is -2.33. The Bertz CT molecular complexity index is 542. The van der Waals surface area contributed by atoms with Crippen LogP contribution in [0, 0.1) is 11.7 Å². The van der Waals surface area contributed by atoms with Gasteiger partial charge in [-0.1, -0.05) is 18.2 Å². The number of nitrogens with one attached hydrogen (secondary N) is 1. The number of nitrogens with zero attached hydrogens (tertiary/aromatic N) is 1. The molecule has 5 heteroatoms. The molecule has 2 aliphatic rings. The summed E-state index contributed by atoms with van der Waals surface area (Å²) in [4.78, 5) is 25.6. The van der Waals surface area contributed by atoms with Crippen molar-refractivity contribution >= 4 is 11.8 Å². The summed E-state index contributed by atoms with van der Waals surface area (Å²) in [5.41, 5.74) is 0.462. The van der Waals surface area contributed by atoms with Crippen LogP contribution >= 0.6 is 0 Å². The first-order valence-electron chi connectivity index (χ1n) is 6.95. The van der Waals surface area contributed by atoms with E-state index >= 15 is 0 Å². The first kappa shape index (κ1) is 13.1. The molecular formula is C15H17FN2O2. The van der Waals surface area contributed by atoms with Gasteiger partial charge >= 0.3 is 0 Å². The summed E-state index contributed by atoms with van der Waals surface area (Å²) in [6, 6.07) is 6.72. The van der Waals surface area contributed by atoms with E-state index in [4.69, 9.17) is 0 Å². The van der Waals surface area contributed by atoms with Crippen LogP contribution in [0.3, 0.4) is 0 Å². The highest BCUT2D eigenvalue weighted by molar-refractivity contribution is 5.89. The molecule has 4 nitrogen and oxygen atoms in total. The predicted octanol–water partition coefficient (Wildman–Crippen LogP) is 1.45. The lowest BCUT2D eigenvalue weighted by Gasteiger charge is -2.15. The van der Waals surface area contributed by atoms with E-state index in [2.05, 4.69) is 5.32 Å². The van der Waals surface area contributed by atoms with E-state index < -0.39 is 0 Å². The van der Waals surface area contributed by atoms with Crippen molar-refractivity contribution in [3.05, 3.63) is 35.6 Å². The third-order valence-corrected chi connectivity index (χ3v) is 3.93. The largest absolute Gasteiger partial charge is 0.352 e. The lowest BCUT2D eigenvalue weighted by atomic mass is 10.1. The zero-order chi connectivity index (χ0) is 14.1. The molecule has 3 rings (SSSR count). The molecule has 1 heterocycles. The molecule has 1 atom stereocenters. The summed E-state index contributed by atoms with van der Waals surface area (Å²) in [5, 5.41) is 2.72. The van der Waals surface area contributed by atoms with Crippen molar-refractivity contribution in [2.24, 2.45) is 5.92 Å². The molecular weight excluding hydrogens is 259 g/mol. The van der Waals surface area contributed by atoms with E-state index in [1.807, 2.05) is 4.90 Å². The third kappa shape index (κ3) is 2.66. The van der Waals surface area contributed by atoms with Crippen molar-refractivity contribution in [1.29, 1.82) is 0 Å². The van der Waals surface area contributed by atoms with Crippen LogP contribution in [0.4, 0.5) is 4.39 Å². The van der Waals surface area contributed by atoms with Crippen LogP contribution in [0.25, 0.3) is 0 Å². The molecule has 1 N–H and O–H groups in total. The van der Waals surface area contributed by atoms with Gasteiger partial charge in [-0.05, 0) is 18.9 Å². The minimum Gasteiger partial charge on any atom is -0.352 e. The number of rotatable bonds is 4. The van der Waals surface area contributed by atoms with Crippen LogP contribution in [0.1, 0.15) is 24.8 Å². The standard InChI is InChI=1S/C15H17FN2O2/c16-13-4-2-1-3-10(13)8-17-15(20)11-7-14(19)18(9-11)12-5-6-12/h1-4,11-12H,5-9H2,(H,17,20)/t11-/m1/s1. The van der Waals surface area contributed by atoms with Crippen molar-refractivity contribution < 1.29 is 14.0 Å². The number of hydrogen-bond donors (Lipinski definition) is 1. The number of halogens is 1. The number of likely N-dealkylation sites (tertiary alicyclic amines) is 1. The summed E-state index contributed by atoms with van der Waals surface area (Å²) in [5.74, 6) is -0.715. The van der Waals surface area contributed by atoms with E-state index in [-0.39, 0.29) is 36.5 Å². The molecule has 1 aliphatic heterocycles. The van der Waals surface area contributed by atoms with Gasteiger partial charge in [-0.25, -0.2) is 4.39 Å². The van der Waals surface area contributed by atoms with E-state index in [1.165, 1.54) is 6.07 Å². The minimum absolute atomic E-state index is 0.0681. The average molecular weight is 276 g/mol. The fourth-order valence-corrected chi connectivity index (χ4v) is 2.61. The molecule has 2 fully saturated rings. The summed E-state index contributed by atoms with van der Waals surface area (Å²) in [6.07, 6.45) is 2.38. The van der Waals surface area contributed by atoms with Gasteiger partial charge in [-0.3, -0.25) is 9.59 Å². The second-order valence-corrected chi connectivity index (χ2v) is 5.49. The summed E-state index contributed by atoms with van der Waals surface area (Å²) in [7, 11) is 0. The first-order chi connectivity index (χ1) is 9.65. The maximum Gasteiger partial charge on any atom is 0.225 e. The van der Waals surface area contributed by atoms with Crippen molar-refractivity contribution in [1.82, 2.24) is 10.2 Å². The van der Waals surface area contributed by atoms with Gasteiger partial charge in [0.1, 0.15) is 5.82 Å². The number of amides is 2. The molecule has 0 bridgehead atoms. The highest BCUT2D eigenvalue weighted by atomic mass is 19.1. The lowest BCUT2D eigenvalue weighted by molar-refractivity contribution is -0.129. The Balaban J connectivity index is 1.55. The molecule has 0 spiro atoms. The van der Waals surface area contributed by atoms with E-state index in [9.17, 15) is 14.0 Å². The van der Waals surface area contributed by atoms with Crippen molar-refractivity contribution in [3.8, 4) is 0 Å². The molecule has 1 aromatic carbocycles. The molecule has 20 heavy (non-hydrogen) atoms. The van der Waals surface area contributed by atoms with E-state index in [1.54, 1.807) is 18.2 Å². The third-order valence-electron chi connectivity index (χ3n) is 3.93. The predicted molar refractivity (Wildman–Crippen MR) is 71.1 cm³/mol. The van der Waals surface area contributed by atoms with Gasteiger partial charge in [0.2, 0.25) is 11.8 Å². The minimum atomic E-state index is -0.324. The Morgan fingerprint density at radius 2 is 2.10 bits per heavy atom. The second kappa shape index (κ2) is 5.23. The topological polar surface area (TPSA) is 49.4 Å². The van der Waals surface area contributed by atoms with E-state index in [0.29, 0.717) is 18.2 Å². The van der Waals surface area contributed by atoms with Gasteiger partial charge in [-0.15, -0.1) is 0 Å². The van der Waals surface area contributed by atoms with Crippen LogP contribution < -0.4 is 5.32 Å². The molecule has 1 aliphatic carbocycles. The fourth-order valence-electron chi connectivity index (χ4n) is 2.61. The average Bonchev–Trinajstić information content (AvgIpc) is 3.20. The zero-order valence-corrected chi connectivity index (χ0v) is 11.1. The van der Waals surface area contributed by atoms with Crippen LogP contribution in [0.15, 0.2) is 24.3 Å². The smallest absolute Gasteiger partial charge is 0.225 e. The highest BCUT2D eigenvalue weighted by Gasteiger charge is 2.41. The van der Waals surface area contributed by atoms with Gasteiger partial charge in [-0.2, -0.15) is 0 Å². The van der Waals surface area contributed by atoms with E-state index in [0.717, 1.165) is 12.8 Å². The Hall–Kier alpha value is -1.91. The van der Waals surface area contributed by atoms with Crippen LogP contribution in [0.2, 0.25) is 0 Å². The van der Waals surface area contributed by atoms with Gasteiger partial charge in [0.25, 0.3) is 0 Å². The van der Waals surface area contributed by atoms with Crippen molar-refractivity contribution in [3.63, 3.8) is 0 Å². The Morgan fingerprint density at radius 1 is 1.35 bits per heavy atom. The molecule has 0 radical (unpaired) electrons. The maximum absolute atomic E-state index is 13.4. The Morgan fingerprint density at radius 3 is 2.80 bits per heavy atom. The summed E-state index contributed by atoms with van der Waals surface area (Å²) < 4.78 is 13.4. The molecule has 0 aromatic heterocycles. The highest BCUT2D eigenvalue weighted by Crippen LogP contribution is 2.32. The SMILES string of the molecule is O=C(NCc1ccccc1F)[C@@H]1CC(=O)N(C2CC2)C1. The zero-order valence-electron chi connectivity index (χ0n) is 11.1. The number of carbonyl (C=O) groups is 2. The van der Waals surface area contributed by atoms with Crippen LogP contribution in [-0.4, -0.2) is 29.3 Å². The van der Waals surface area contributed by atoms with Gasteiger partial charge in [0.05, 0.1) is 5.92 Å². The first-order valence-corrected chi connectivity index (χ1v) is 6.95. The van der Waals surface area contributed by atoms with Crippen LogP contribution in [0.5, 0.6) is 0 Å². The molecule has 2 amide bonds. The second-order valence-electron chi connectivity index (χ2n) is 5.49. The summed E-state index contributed by atoms with van der Waals surface area (Å²) >= 11 is 0. The molecule has 1 aromatic rings. The normalized spacial score (nSPS) is 22.1. The van der Waals surface area contributed by atoms with Gasteiger partial charge in [0.15, 0.2) is 0 Å². The van der Waals surface area contributed by atoms with Crippen molar-refractivity contribution in [2.75, 3.05) is 6.54 Å². The van der Waals surface area contributed by atoms with Crippen LogP contribution in [-0.2, 0) is 16.1 Å². The van der Waals surface area contributed by atoms with Gasteiger partial charge < -0.3 is 10.2 Å². The molecule has 1 saturated carbocycles. The monoisotopic (exact) mass is 276 g/mol. The quantitative estimate of drug-likeness (QED) is 0.905. The number of benzene rings is 1. The summed E-state index contributed by atoms with van der Waals surface area (Å²) in [6.45, 7) is 0.673. The van der Waals surface area contributed by atoms with Gasteiger partial charge in [0, 0.05) is 31.1 Å². The maximum atomic E-state index is 13.4. The number of carbonyl (C=O) groups excluding carboxylic acids is 2. The fraction of sp³-hybridized carbons (Fsp3) is 0.467. The number of hydrogen-bond acceptors (Lipinski definition) is 2.